The second kappa shape index (κ2) is 17.0. The number of carbonyl (C=O) groups is 2. The van der Waals surface area contributed by atoms with Crippen LogP contribution in [0, 0.1) is 11.8 Å². The normalized spacial score (nSPS) is 17.5. The first kappa shape index (κ1) is 40.1. The Hall–Kier alpha value is -6.04. The van der Waals surface area contributed by atoms with Gasteiger partial charge in [0.1, 0.15) is 41.3 Å². The van der Waals surface area contributed by atoms with E-state index in [0.717, 1.165) is 72.6 Å². The molecule has 0 spiro atoms. The largest absolute Gasteiger partial charge is 0.497 e. The fraction of sp³-hybridized carbons (Fsp3) is 0.440. The second-order valence-corrected chi connectivity index (χ2v) is 17.8. The van der Waals surface area contributed by atoms with Gasteiger partial charge < -0.3 is 37.9 Å². The number of benzene rings is 4. The number of amides is 2. The van der Waals surface area contributed by atoms with Crippen LogP contribution in [0.3, 0.4) is 0 Å². The Bertz CT molecular complexity index is 2590. The smallest absolute Gasteiger partial charge is 0.254 e. The number of hydrogen-bond donors (Lipinski definition) is 0. The maximum Gasteiger partial charge on any atom is 0.254 e. The molecule has 4 aromatic carbocycles. The highest BCUT2D eigenvalue weighted by atomic mass is 16.5. The lowest BCUT2D eigenvalue weighted by Crippen LogP contribution is -2.38. The second-order valence-electron chi connectivity index (χ2n) is 17.8. The molecule has 0 bridgehead atoms. The van der Waals surface area contributed by atoms with Gasteiger partial charge in [-0.15, -0.1) is 0 Å². The topological polar surface area (TPSA) is 113 Å². The number of rotatable bonds is 14. The van der Waals surface area contributed by atoms with Gasteiger partial charge >= 0.3 is 0 Å². The van der Waals surface area contributed by atoms with Crippen molar-refractivity contribution in [3.63, 3.8) is 0 Å². The van der Waals surface area contributed by atoms with Crippen molar-refractivity contribution >= 4 is 33.9 Å². The molecule has 0 N–H and O–H groups in total. The fourth-order valence-corrected chi connectivity index (χ4v) is 9.54. The van der Waals surface area contributed by atoms with Crippen molar-refractivity contribution in [1.29, 1.82) is 0 Å². The minimum absolute atomic E-state index is 0.00710. The van der Waals surface area contributed by atoms with E-state index in [9.17, 15) is 9.59 Å². The van der Waals surface area contributed by atoms with E-state index in [4.69, 9.17) is 28.9 Å². The first-order valence-corrected chi connectivity index (χ1v) is 22.4. The molecular weight excluding hydrogens is 781 g/mol. The monoisotopic (exact) mass is 836 g/mol. The Balaban J connectivity index is 0.808. The molecule has 10 rings (SSSR count). The van der Waals surface area contributed by atoms with Gasteiger partial charge in [-0.2, -0.15) is 0 Å². The highest BCUT2D eigenvalue weighted by Gasteiger charge is 2.33. The van der Waals surface area contributed by atoms with Crippen molar-refractivity contribution in [1.82, 2.24) is 28.9 Å². The van der Waals surface area contributed by atoms with Crippen LogP contribution in [0.2, 0.25) is 0 Å². The van der Waals surface area contributed by atoms with E-state index in [1.165, 1.54) is 37.0 Å². The molecule has 4 fully saturated rings. The number of likely N-dealkylation sites (tertiary alicyclic amines) is 2. The summed E-state index contributed by atoms with van der Waals surface area (Å²) in [6.07, 6.45) is 8.51. The lowest BCUT2D eigenvalue weighted by atomic mass is 9.95. The number of fused-ring (bicyclic) bond motifs is 2. The molecule has 62 heavy (non-hydrogen) atoms. The molecule has 2 saturated heterocycles. The zero-order chi connectivity index (χ0) is 42.3. The first-order valence-electron chi connectivity index (χ1n) is 22.4. The average molecular weight is 837 g/mol. The zero-order valence-electron chi connectivity index (χ0n) is 36.1. The molecule has 4 heterocycles. The van der Waals surface area contributed by atoms with Gasteiger partial charge in [0.2, 0.25) is 0 Å². The number of ether oxygens (including phenoxy) is 4. The molecule has 6 aromatic rings. The SMILES string of the molecule is COc1cc(OC)cc(C(=O)N2CCC(c3nc4ccc(COc5cc(OC)cc(C(=O)N6CCC(c7nc8ccccc8n7CC7CC7)CC6)c5)cc4n3CC3CC3)CC2)c1. The molecular formula is C50H56N6O6. The number of nitrogens with zero attached hydrogens (tertiary/aromatic N) is 6. The summed E-state index contributed by atoms with van der Waals surface area (Å²) in [5, 5.41) is 0. The minimum Gasteiger partial charge on any atom is -0.497 e. The third kappa shape index (κ3) is 8.31. The Morgan fingerprint density at radius 2 is 1.02 bits per heavy atom. The van der Waals surface area contributed by atoms with Crippen molar-refractivity contribution in [3.05, 3.63) is 107 Å². The highest BCUT2D eigenvalue weighted by molar-refractivity contribution is 5.96. The third-order valence-corrected chi connectivity index (χ3v) is 13.5. The third-order valence-electron chi connectivity index (χ3n) is 13.5. The van der Waals surface area contributed by atoms with E-state index in [1.54, 1.807) is 39.5 Å². The number of piperidine rings is 2. The predicted octanol–water partition coefficient (Wildman–Crippen LogP) is 8.85. The van der Waals surface area contributed by atoms with Gasteiger partial charge in [0.15, 0.2) is 0 Å². The van der Waals surface area contributed by atoms with Crippen molar-refractivity contribution in [3.8, 4) is 23.0 Å². The summed E-state index contributed by atoms with van der Waals surface area (Å²) in [7, 11) is 4.81. The van der Waals surface area contributed by atoms with Gasteiger partial charge in [0, 0.05) is 74.4 Å². The van der Waals surface area contributed by atoms with Crippen LogP contribution in [-0.4, -0.2) is 88.2 Å². The Labute approximate surface area is 362 Å². The van der Waals surface area contributed by atoms with Crippen LogP contribution in [0.4, 0.5) is 0 Å². The van der Waals surface area contributed by atoms with Crippen molar-refractivity contribution < 1.29 is 28.5 Å². The predicted molar refractivity (Wildman–Crippen MR) is 238 cm³/mol. The molecule has 2 saturated carbocycles. The van der Waals surface area contributed by atoms with Crippen molar-refractivity contribution in [2.75, 3.05) is 47.5 Å². The number of hydrogen-bond acceptors (Lipinski definition) is 8. The molecule has 0 radical (unpaired) electrons. The highest BCUT2D eigenvalue weighted by Crippen LogP contribution is 2.39. The van der Waals surface area contributed by atoms with Gasteiger partial charge in [-0.1, -0.05) is 18.2 Å². The Kier molecular flexibility index (Phi) is 11.0. The first-order chi connectivity index (χ1) is 30.3. The van der Waals surface area contributed by atoms with Crippen LogP contribution < -0.4 is 18.9 Å². The summed E-state index contributed by atoms with van der Waals surface area (Å²) < 4.78 is 27.8. The van der Waals surface area contributed by atoms with Crippen LogP contribution in [0.5, 0.6) is 23.0 Å². The summed E-state index contributed by atoms with van der Waals surface area (Å²) >= 11 is 0. The lowest BCUT2D eigenvalue weighted by molar-refractivity contribution is 0.0702. The maximum atomic E-state index is 14.0. The molecule has 12 nitrogen and oxygen atoms in total. The van der Waals surface area contributed by atoms with E-state index < -0.39 is 0 Å². The molecule has 2 aliphatic heterocycles. The number of methoxy groups -OCH3 is 3. The lowest BCUT2D eigenvalue weighted by Gasteiger charge is -2.32. The van der Waals surface area contributed by atoms with Crippen LogP contribution in [0.15, 0.2) is 78.9 Å². The number of para-hydroxylation sites is 2. The Morgan fingerprint density at radius 3 is 1.53 bits per heavy atom. The van der Waals surface area contributed by atoms with Crippen molar-refractivity contribution in [2.24, 2.45) is 11.8 Å². The molecule has 322 valence electrons. The van der Waals surface area contributed by atoms with Crippen LogP contribution in [0.1, 0.15) is 101 Å². The summed E-state index contributed by atoms with van der Waals surface area (Å²) in [6, 6.07) is 25.7. The summed E-state index contributed by atoms with van der Waals surface area (Å²) in [4.78, 5) is 41.8. The maximum absolute atomic E-state index is 14.0. The molecule has 0 unspecified atom stereocenters. The zero-order valence-corrected chi connectivity index (χ0v) is 36.1. The van der Waals surface area contributed by atoms with Gasteiger partial charge in [-0.25, -0.2) is 9.97 Å². The van der Waals surface area contributed by atoms with Gasteiger partial charge in [0.05, 0.1) is 43.4 Å². The van der Waals surface area contributed by atoms with E-state index in [1.807, 2.05) is 28.0 Å². The average Bonchev–Trinajstić information content (AvgIpc) is 4.26. The van der Waals surface area contributed by atoms with Crippen LogP contribution in [0.25, 0.3) is 22.1 Å². The number of carbonyl (C=O) groups excluding carboxylic acids is 2. The molecule has 2 amide bonds. The van der Waals surface area contributed by atoms with Gasteiger partial charge in [-0.05, 0) is 117 Å². The van der Waals surface area contributed by atoms with E-state index in [0.29, 0.717) is 78.7 Å². The molecule has 2 aliphatic carbocycles. The molecule has 12 heteroatoms. The van der Waals surface area contributed by atoms with E-state index >= 15 is 0 Å². The van der Waals surface area contributed by atoms with Crippen LogP contribution in [-0.2, 0) is 19.7 Å². The van der Waals surface area contributed by atoms with Gasteiger partial charge in [0.25, 0.3) is 11.8 Å². The fourth-order valence-electron chi connectivity index (χ4n) is 9.54. The Morgan fingerprint density at radius 1 is 0.548 bits per heavy atom. The summed E-state index contributed by atoms with van der Waals surface area (Å²) in [6.45, 7) is 4.98. The summed E-state index contributed by atoms with van der Waals surface area (Å²) in [5.74, 6) is 6.63. The molecule has 2 aromatic heterocycles. The number of aromatic nitrogens is 4. The van der Waals surface area contributed by atoms with E-state index in [2.05, 4.69) is 51.6 Å². The minimum atomic E-state index is -0.0123. The molecule has 4 aliphatic rings. The number of imidazole rings is 2. The summed E-state index contributed by atoms with van der Waals surface area (Å²) in [5.41, 5.74) is 6.54. The van der Waals surface area contributed by atoms with E-state index in [-0.39, 0.29) is 17.7 Å². The van der Waals surface area contributed by atoms with Crippen molar-refractivity contribution in [2.45, 2.75) is 82.9 Å². The van der Waals surface area contributed by atoms with Gasteiger partial charge in [-0.3, -0.25) is 9.59 Å². The standard InChI is InChI=1S/C50H56N6O6/c1-59-39-23-37(24-40(27-39)60-2)49(57)53-20-16-36(17-21-53)48-52-44-13-12-34(22-46(44)56(48)30-33-10-11-33)31-62-42-26-38(25-41(28-42)61-3)50(58)54-18-14-35(15-19-54)47-51-43-6-4-5-7-45(43)55(47)29-32-8-9-32/h4-7,12-13,22-28,32-33,35-36H,8-11,14-21,29-31H2,1-3H3. The quantitative estimate of drug-likeness (QED) is 0.107. The molecule has 0 atom stereocenters. The van der Waals surface area contributed by atoms with Crippen LogP contribution >= 0.6 is 0 Å².